The first-order valence-electron chi connectivity index (χ1n) is 8.84. The number of aliphatic carboxylic acids is 1. The van der Waals surface area contributed by atoms with E-state index in [2.05, 4.69) is 0 Å². The zero-order valence-corrected chi connectivity index (χ0v) is 17.4. The third-order valence-corrected chi connectivity index (χ3v) is 4.11. The van der Waals surface area contributed by atoms with Gasteiger partial charge >= 0.3 is 16.1 Å². The highest BCUT2D eigenvalue weighted by Gasteiger charge is 2.29. The van der Waals surface area contributed by atoms with Gasteiger partial charge in [0.15, 0.2) is 5.60 Å². The van der Waals surface area contributed by atoms with Gasteiger partial charge < -0.3 is 23.5 Å². The third-order valence-electron chi connectivity index (χ3n) is 3.62. The maximum atomic E-state index is 11.3. The van der Waals surface area contributed by atoms with Crippen molar-refractivity contribution in [3.63, 3.8) is 0 Å². The fourth-order valence-corrected chi connectivity index (χ4v) is 2.67. The van der Waals surface area contributed by atoms with Crippen molar-refractivity contribution in [1.82, 2.24) is 0 Å². The van der Waals surface area contributed by atoms with Crippen molar-refractivity contribution in [2.45, 2.75) is 39.1 Å². The molecule has 2 aromatic carbocycles. The standard InChI is InChI=1S/C20H24O8S/c1-5-18(26-15-9-7-11-17(13-15)28-29(4,23)24)25-14-8-6-10-16(12-14)27-20(2,3)19(21)22/h6-13,18H,5H2,1-4H3,(H,21,22). The molecule has 0 aromatic heterocycles. The number of rotatable bonds is 10. The van der Waals surface area contributed by atoms with E-state index in [0.29, 0.717) is 23.7 Å². The number of hydrogen-bond acceptors (Lipinski definition) is 7. The third kappa shape index (κ3) is 7.19. The Bertz CT molecular complexity index is 952. The van der Waals surface area contributed by atoms with Crippen LogP contribution in [0.1, 0.15) is 27.2 Å². The lowest BCUT2D eigenvalue weighted by Crippen LogP contribution is -2.37. The molecule has 2 aromatic rings. The number of ether oxygens (including phenoxy) is 3. The number of carboxylic acids is 1. The van der Waals surface area contributed by atoms with Gasteiger partial charge in [0.05, 0.1) is 6.26 Å². The van der Waals surface area contributed by atoms with Crippen LogP contribution >= 0.6 is 0 Å². The molecule has 0 bridgehead atoms. The Morgan fingerprint density at radius 1 is 1.00 bits per heavy atom. The largest absolute Gasteiger partial charge is 0.478 e. The van der Waals surface area contributed by atoms with E-state index in [-0.39, 0.29) is 5.75 Å². The molecule has 29 heavy (non-hydrogen) atoms. The maximum Gasteiger partial charge on any atom is 0.347 e. The molecule has 1 atom stereocenters. The van der Waals surface area contributed by atoms with Crippen LogP contribution in [0, 0.1) is 0 Å². The highest BCUT2D eigenvalue weighted by molar-refractivity contribution is 7.86. The molecule has 0 saturated heterocycles. The molecule has 158 valence electrons. The molecule has 9 heteroatoms. The highest BCUT2D eigenvalue weighted by atomic mass is 32.2. The Kier molecular flexibility index (Phi) is 6.97. The van der Waals surface area contributed by atoms with Gasteiger partial charge in [-0.25, -0.2) is 4.79 Å². The van der Waals surface area contributed by atoms with Crippen LogP contribution in [-0.4, -0.2) is 37.6 Å². The molecule has 1 N–H and O–H groups in total. The van der Waals surface area contributed by atoms with Gasteiger partial charge in [0, 0.05) is 18.6 Å². The summed E-state index contributed by atoms with van der Waals surface area (Å²) in [5.74, 6) is 0.186. The molecule has 0 aliphatic heterocycles. The normalized spacial score (nSPS) is 12.7. The van der Waals surface area contributed by atoms with Crippen LogP contribution in [-0.2, 0) is 14.9 Å². The number of hydrogen-bond donors (Lipinski definition) is 1. The van der Waals surface area contributed by atoms with E-state index in [1.165, 1.54) is 26.0 Å². The summed E-state index contributed by atoms with van der Waals surface area (Å²) in [6.45, 7) is 4.76. The molecule has 0 spiro atoms. The van der Waals surface area contributed by atoms with Crippen molar-refractivity contribution in [3.8, 4) is 23.0 Å². The van der Waals surface area contributed by atoms with Crippen LogP contribution in [0.3, 0.4) is 0 Å². The molecule has 0 amide bonds. The minimum atomic E-state index is -3.64. The maximum absolute atomic E-state index is 11.3. The molecule has 0 radical (unpaired) electrons. The summed E-state index contributed by atoms with van der Waals surface area (Å²) in [4.78, 5) is 11.2. The lowest BCUT2D eigenvalue weighted by molar-refractivity contribution is -0.152. The number of benzene rings is 2. The van der Waals surface area contributed by atoms with E-state index < -0.39 is 28.0 Å². The molecule has 0 aliphatic rings. The van der Waals surface area contributed by atoms with Crippen molar-refractivity contribution in [3.05, 3.63) is 48.5 Å². The van der Waals surface area contributed by atoms with E-state index in [1.54, 1.807) is 36.4 Å². The second-order valence-corrected chi connectivity index (χ2v) is 8.30. The summed E-state index contributed by atoms with van der Waals surface area (Å²) in [7, 11) is -3.64. The Morgan fingerprint density at radius 2 is 1.48 bits per heavy atom. The summed E-state index contributed by atoms with van der Waals surface area (Å²) in [5.41, 5.74) is -1.39. The molecule has 8 nitrogen and oxygen atoms in total. The average Bonchev–Trinajstić information content (AvgIpc) is 2.59. The van der Waals surface area contributed by atoms with Gasteiger partial charge in [0.25, 0.3) is 0 Å². The summed E-state index contributed by atoms with van der Waals surface area (Å²) in [6, 6.07) is 12.8. The van der Waals surface area contributed by atoms with Crippen LogP contribution in [0.5, 0.6) is 23.0 Å². The monoisotopic (exact) mass is 424 g/mol. The number of carbonyl (C=O) groups is 1. The second kappa shape index (κ2) is 9.04. The quantitative estimate of drug-likeness (QED) is 0.456. The van der Waals surface area contributed by atoms with E-state index in [4.69, 9.17) is 18.4 Å². The summed E-state index contributed by atoms with van der Waals surface area (Å²) >= 11 is 0. The average molecular weight is 424 g/mol. The molecular formula is C20H24O8S. The van der Waals surface area contributed by atoms with Crippen molar-refractivity contribution in [2.24, 2.45) is 0 Å². The van der Waals surface area contributed by atoms with Crippen molar-refractivity contribution in [1.29, 1.82) is 0 Å². The first-order chi connectivity index (χ1) is 13.5. The summed E-state index contributed by atoms with van der Waals surface area (Å²) < 4.78 is 44.5. The van der Waals surface area contributed by atoms with Crippen molar-refractivity contribution in [2.75, 3.05) is 6.26 Å². The molecule has 0 fully saturated rings. The molecular weight excluding hydrogens is 400 g/mol. The lowest BCUT2D eigenvalue weighted by Gasteiger charge is -2.23. The summed E-state index contributed by atoms with van der Waals surface area (Å²) in [5, 5.41) is 9.19. The predicted molar refractivity (Wildman–Crippen MR) is 106 cm³/mol. The zero-order valence-electron chi connectivity index (χ0n) is 16.6. The molecule has 1 unspecified atom stereocenters. The van der Waals surface area contributed by atoms with Gasteiger partial charge in [-0.1, -0.05) is 19.1 Å². The van der Waals surface area contributed by atoms with Gasteiger partial charge in [-0.05, 0) is 38.1 Å². The van der Waals surface area contributed by atoms with Gasteiger partial charge in [-0.15, -0.1) is 0 Å². The molecule has 0 aliphatic carbocycles. The second-order valence-electron chi connectivity index (χ2n) is 6.73. The molecule has 0 saturated carbocycles. The molecule has 2 rings (SSSR count). The number of carboxylic acid groups (broad SMARTS) is 1. The van der Waals surface area contributed by atoms with Gasteiger partial charge in [0.2, 0.25) is 6.29 Å². The van der Waals surface area contributed by atoms with Crippen LogP contribution in [0.4, 0.5) is 0 Å². The van der Waals surface area contributed by atoms with Crippen molar-refractivity contribution < 1.29 is 36.7 Å². The Balaban J connectivity index is 2.10. The van der Waals surface area contributed by atoms with Crippen molar-refractivity contribution >= 4 is 16.1 Å². The van der Waals surface area contributed by atoms with Gasteiger partial charge in [-0.3, -0.25) is 0 Å². The minimum absolute atomic E-state index is 0.131. The lowest BCUT2D eigenvalue weighted by atomic mass is 10.1. The first-order valence-corrected chi connectivity index (χ1v) is 10.7. The molecule has 0 heterocycles. The van der Waals surface area contributed by atoms with E-state index >= 15 is 0 Å². The van der Waals surface area contributed by atoms with Gasteiger partial charge in [-0.2, -0.15) is 8.42 Å². The van der Waals surface area contributed by atoms with Crippen LogP contribution in [0.15, 0.2) is 48.5 Å². The topological polar surface area (TPSA) is 108 Å². The minimum Gasteiger partial charge on any atom is -0.478 e. The summed E-state index contributed by atoms with van der Waals surface area (Å²) in [6.07, 6.45) is 0.772. The van der Waals surface area contributed by atoms with E-state index in [1.807, 2.05) is 6.92 Å². The fraction of sp³-hybridized carbons (Fsp3) is 0.350. The SMILES string of the molecule is CCC(Oc1cccc(OC(C)(C)C(=O)O)c1)Oc1cccc(OS(C)(=O)=O)c1. The van der Waals surface area contributed by atoms with E-state index in [0.717, 1.165) is 6.26 Å². The van der Waals surface area contributed by atoms with Gasteiger partial charge in [0.1, 0.15) is 23.0 Å². The Hall–Kier alpha value is -2.94. The van der Waals surface area contributed by atoms with E-state index in [9.17, 15) is 18.3 Å². The smallest absolute Gasteiger partial charge is 0.347 e. The predicted octanol–water partition coefficient (Wildman–Crippen LogP) is 3.46. The Morgan fingerprint density at radius 3 is 1.97 bits per heavy atom. The first kappa shape index (κ1) is 22.4. The van der Waals surface area contributed by atoms with Crippen LogP contribution in [0.2, 0.25) is 0 Å². The fourth-order valence-electron chi connectivity index (χ4n) is 2.22. The highest BCUT2D eigenvalue weighted by Crippen LogP contribution is 2.26. The van der Waals surface area contributed by atoms with Crippen LogP contribution < -0.4 is 18.4 Å². The zero-order chi connectivity index (χ0) is 21.7. The van der Waals surface area contributed by atoms with Crippen LogP contribution in [0.25, 0.3) is 0 Å². The Labute approximate surface area is 170 Å².